The van der Waals surface area contributed by atoms with Crippen LogP contribution in [0, 0.1) is 11.6 Å². The number of ether oxygens (including phenoxy) is 1. The minimum absolute atomic E-state index is 0.305. The number of nitrogens with one attached hydrogen (secondary N) is 2. The Kier molecular flexibility index (Phi) is 6.55. The fourth-order valence-electron chi connectivity index (χ4n) is 1.63. The predicted molar refractivity (Wildman–Crippen MR) is 80.5 cm³/mol. The van der Waals surface area contributed by atoms with E-state index in [1.807, 2.05) is 13.8 Å². The highest BCUT2D eigenvalue weighted by Crippen LogP contribution is 2.09. The Morgan fingerprint density at radius 1 is 1.29 bits per heavy atom. The van der Waals surface area contributed by atoms with E-state index in [0.29, 0.717) is 31.0 Å². The molecule has 4 nitrogen and oxygen atoms in total. The number of methoxy groups -OCH3 is 1. The Morgan fingerprint density at radius 2 is 2.00 bits per heavy atom. The van der Waals surface area contributed by atoms with Crippen molar-refractivity contribution < 1.29 is 13.5 Å². The SMILES string of the molecule is CN=C(NCCc1ccc(F)cc1F)NCC(C)(C)OC. The summed E-state index contributed by atoms with van der Waals surface area (Å²) in [7, 11) is 3.31. The van der Waals surface area contributed by atoms with Gasteiger partial charge in [-0.3, -0.25) is 4.99 Å². The summed E-state index contributed by atoms with van der Waals surface area (Å²) in [6, 6.07) is 3.60. The van der Waals surface area contributed by atoms with Crippen molar-refractivity contribution in [2.45, 2.75) is 25.9 Å². The van der Waals surface area contributed by atoms with E-state index in [4.69, 9.17) is 4.74 Å². The molecule has 6 heteroatoms. The van der Waals surface area contributed by atoms with Crippen molar-refractivity contribution >= 4 is 5.96 Å². The van der Waals surface area contributed by atoms with Gasteiger partial charge in [0.05, 0.1) is 5.60 Å². The van der Waals surface area contributed by atoms with Crippen molar-refractivity contribution in [2.75, 3.05) is 27.2 Å². The molecule has 1 rings (SSSR count). The molecule has 0 saturated heterocycles. The number of hydrogen-bond donors (Lipinski definition) is 2. The third-order valence-electron chi connectivity index (χ3n) is 3.16. The van der Waals surface area contributed by atoms with Crippen molar-refractivity contribution in [1.82, 2.24) is 10.6 Å². The monoisotopic (exact) mass is 299 g/mol. The number of guanidine groups is 1. The highest BCUT2D eigenvalue weighted by molar-refractivity contribution is 5.79. The van der Waals surface area contributed by atoms with E-state index in [2.05, 4.69) is 15.6 Å². The van der Waals surface area contributed by atoms with Gasteiger partial charge in [0.15, 0.2) is 5.96 Å². The van der Waals surface area contributed by atoms with Crippen LogP contribution >= 0.6 is 0 Å². The standard InChI is InChI=1S/C15H23F2N3O/c1-15(2,21-4)10-20-14(18-3)19-8-7-11-5-6-12(16)9-13(11)17/h5-6,9H,7-8,10H2,1-4H3,(H2,18,19,20). The molecule has 21 heavy (non-hydrogen) atoms. The van der Waals surface area contributed by atoms with Crippen LogP contribution in [0.5, 0.6) is 0 Å². The smallest absolute Gasteiger partial charge is 0.191 e. The maximum absolute atomic E-state index is 13.5. The minimum atomic E-state index is -0.566. The van der Waals surface area contributed by atoms with Crippen molar-refractivity contribution in [1.29, 1.82) is 0 Å². The number of halogens is 2. The van der Waals surface area contributed by atoms with Crippen LogP contribution in [0.25, 0.3) is 0 Å². The second-order valence-corrected chi connectivity index (χ2v) is 5.30. The van der Waals surface area contributed by atoms with Crippen molar-refractivity contribution in [3.8, 4) is 0 Å². The van der Waals surface area contributed by atoms with Gasteiger partial charge < -0.3 is 15.4 Å². The maximum Gasteiger partial charge on any atom is 0.191 e. The summed E-state index contributed by atoms with van der Waals surface area (Å²) in [6.45, 7) is 5.01. The first-order valence-electron chi connectivity index (χ1n) is 6.81. The first-order valence-corrected chi connectivity index (χ1v) is 6.81. The highest BCUT2D eigenvalue weighted by Gasteiger charge is 2.16. The lowest BCUT2D eigenvalue weighted by Gasteiger charge is -2.24. The average Bonchev–Trinajstić information content (AvgIpc) is 2.44. The second-order valence-electron chi connectivity index (χ2n) is 5.30. The van der Waals surface area contributed by atoms with Crippen LogP contribution in [0.1, 0.15) is 19.4 Å². The van der Waals surface area contributed by atoms with E-state index < -0.39 is 11.6 Å². The van der Waals surface area contributed by atoms with Crippen LogP contribution < -0.4 is 10.6 Å². The first-order chi connectivity index (χ1) is 9.88. The van der Waals surface area contributed by atoms with Gasteiger partial charge in [-0.2, -0.15) is 0 Å². The third kappa shape index (κ3) is 6.08. The van der Waals surface area contributed by atoms with E-state index in [9.17, 15) is 8.78 Å². The highest BCUT2D eigenvalue weighted by atomic mass is 19.1. The van der Waals surface area contributed by atoms with E-state index in [-0.39, 0.29) is 5.60 Å². The Morgan fingerprint density at radius 3 is 2.57 bits per heavy atom. The normalized spacial score (nSPS) is 12.4. The van der Waals surface area contributed by atoms with Crippen LogP contribution in [0.2, 0.25) is 0 Å². The molecule has 0 aliphatic heterocycles. The molecule has 0 saturated carbocycles. The number of benzene rings is 1. The molecule has 0 unspecified atom stereocenters. The molecule has 1 aromatic carbocycles. The molecule has 0 bridgehead atoms. The second kappa shape index (κ2) is 7.93. The Balaban J connectivity index is 2.42. The summed E-state index contributed by atoms with van der Waals surface area (Å²) >= 11 is 0. The van der Waals surface area contributed by atoms with Gasteiger partial charge in [-0.1, -0.05) is 6.07 Å². The lowest BCUT2D eigenvalue weighted by atomic mass is 10.1. The summed E-state index contributed by atoms with van der Waals surface area (Å²) in [5, 5.41) is 6.21. The third-order valence-corrected chi connectivity index (χ3v) is 3.16. The summed E-state index contributed by atoms with van der Waals surface area (Å²) < 4.78 is 31.6. The molecule has 0 aromatic heterocycles. The maximum atomic E-state index is 13.5. The molecule has 0 spiro atoms. The molecule has 118 valence electrons. The first kappa shape index (κ1) is 17.4. The zero-order valence-corrected chi connectivity index (χ0v) is 13.0. The van der Waals surface area contributed by atoms with Gasteiger partial charge in [0.1, 0.15) is 11.6 Å². The molecule has 0 fully saturated rings. The van der Waals surface area contributed by atoms with Gasteiger partial charge in [0.25, 0.3) is 0 Å². The molecule has 0 aliphatic carbocycles. The molecule has 0 aliphatic rings. The number of hydrogen-bond acceptors (Lipinski definition) is 2. The minimum Gasteiger partial charge on any atom is -0.377 e. The van der Waals surface area contributed by atoms with Crippen LogP contribution in [-0.2, 0) is 11.2 Å². The topological polar surface area (TPSA) is 45.7 Å². The van der Waals surface area contributed by atoms with Gasteiger partial charge in [-0.25, -0.2) is 8.78 Å². The van der Waals surface area contributed by atoms with Crippen molar-refractivity contribution in [3.63, 3.8) is 0 Å². The Hall–Kier alpha value is -1.69. The van der Waals surface area contributed by atoms with E-state index in [0.717, 1.165) is 6.07 Å². The molecule has 2 N–H and O–H groups in total. The summed E-state index contributed by atoms with van der Waals surface area (Å²) in [6.07, 6.45) is 0.445. The summed E-state index contributed by atoms with van der Waals surface area (Å²) in [5.74, 6) is -0.480. The van der Waals surface area contributed by atoms with Crippen LogP contribution in [0.15, 0.2) is 23.2 Å². The summed E-state index contributed by atoms with van der Waals surface area (Å²) in [4.78, 5) is 4.08. The molecular weight excluding hydrogens is 276 g/mol. The summed E-state index contributed by atoms with van der Waals surface area (Å²) in [5.41, 5.74) is 0.164. The quantitative estimate of drug-likeness (QED) is 0.624. The Bertz CT molecular complexity index is 490. The lowest BCUT2D eigenvalue weighted by Crippen LogP contribution is -2.45. The molecule has 0 amide bonds. The van der Waals surface area contributed by atoms with E-state index in [1.165, 1.54) is 12.1 Å². The number of rotatable bonds is 6. The van der Waals surface area contributed by atoms with Crippen LogP contribution in [0.3, 0.4) is 0 Å². The molecular formula is C15H23F2N3O. The zero-order chi connectivity index (χ0) is 15.9. The largest absolute Gasteiger partial charge is 0.377 e. The van der Waals surface area contributed by atoms with Gasteiger partial charge in [-0.05, 0) is 31.9 Å². The van der Waals surface area contributed by atoms with Gasteiger partial charge in [0, 0.05) is 33.3 Å². The molecule has 0 radical (unpaired) electrons. The zero-order valence-electron chi connectivity index (χ0n) is 13.0. The number of aliphatic imine (C=N–C) groups is 1. The van der Waals surface area contributed by atoms with E-state index in [1.54, 1.807) is 14.2 Å². The van der Waals surface area contributed by atoms with Gasteiger partial charge in [0.2, 0.25) is 0 Å². The average molecular weight is 299 g/mol. The fourth-order valence-corrected chi connectivity index (χ4v) is 1.63. The van der Waals surface area contributed by atoms with Crippen molar-refractivity contribution in [3.05, 3.63) is 35.4 Å². The Labute approximate surface area is 124 Å². The molecule has 1 aromatic rings. The van der Waals surface area contributed by atoms with Gasteiger partial charge in [-0.15, -0.1) is 0 Å². The van der Waals surface area contributed by atoms with Crippen LogP contribution in [0.4, 0.5) is 8.78 Å². The molecule has 0 atom stereocenters. The van der Waals surface area contributed by atoms with Crippen molar-refractivity contribution in [2.24, 2.45) is 4.99 Å². The van der Waals surface area contributed by atoms with Gasteiger partial charge >= 0.3 is 0 Å². The predicted octanol–water partition coefficient (Wildman–Crippen LogP) is 2.10. The fraction of sp³-hybridized carbons (Fsp3) is 0.533. The van der Waals surface area contributed by atoms with Crippen LogP contribution in [-0.4, -0.2) is 38.8 Å². The number of nitrogens with zero attached hydrogens (tertiary/aromatic N) is 1. The van der Waals surface area contributed by atoms with E-state index >= 15 is 0 Å². The molecule has 0 heterocycles. The lowest BCUT2D eigenvalue weighted by molar-refractivity contribution is 0.0268.